The molecule has 28 heavy (non-hydrogen) atoms. The van der Waals surface area contributed by atoms with Crippen molar-refractivity contribution in [1.29, 1.82) is 0 Å². The van der Waals surface area contributed by atoms with Crippen molar-refractivity contribution in [3.8, 4) is 0 Å². The first-order valence-electron chi connectivity index (χ1n) is 12.9. The molecular formula is C26H52O2. The van der Waals surface area contributed by atoms with Crippen LogP contribution in [0.25, 0.3) is 0 Å². The van der Waals surface area contributed by atoms with Crippen molar-refractivity contribution in [1.82, 2.24) is 0 Å². The number of esters is 1. The zero-order valence-corrected chi connectivity index (χ0v) is 19.7. The summed E-state index contributed by atoms with van der Waals surface area (Å²) in [6.07, 6.45) is 26.4. The van der Waals surface area contributed by atoms with Crippen LogP contribution in [0.4, 0.5) is 0 Å². The van der Waals surface area contributed by atoms with Gasteiger partial charge in [-0.2, -0.15) is 0 Å². The molecule has 1 unspecified atom stereocenters. The molecule has 0 saturated carbocycles. The zero-order valence-electron chi connectivity index (χ0n) is 19.7. The van der Waals surface area contributed by atoms with Crippen molar-refractivity contribution < 1.29 is 9.53 Å². The summed E-state index contributed by atoms with van der Waals surface area (Å²) in [5, 5.41) is 0. The SMILES string of the molecule is CCCCCCCCCCCCCCCCCOC(=O)C(C)CCCCCC. The number of ether oxygens (including phenoxy) is 1. The minimum atomic E-state index is 0.0156. The molecule has 2 nitrogen and oxygen atoms in total. The van der Waals surface area contributed by atoms with Crippen LogP contribution in [-0.2, 0) is 9.53 Å². The van der Waals surface area contributed by atoms with Gasteiger partial charge in [-0.15, -0.1) is 0 Å². The molecule has 0 amide bonds. The number of hydrogen-bond donors (Lipinski definition) is 0. The fourth-order valence-corrected chi connectivity index (χ4v) is 3.78. The molecule has 0 spiro atoms. The average Bonchev–Trinajstić information content (AvgIpc) is 2.70. The lowest BCUT2D eigenvalue weighted by molar-refractivity contribution is -0.148. The van der Waals surface area contributed by atoms with Crippen molar-refractivity contribution in [2.45, 2.75) is 149 Å². The van der Waals surface area contributed by atoms with Crippen LogP contribution >= 0.6 is 0 Å². The van der Waals surface area contributed by atoms with E-state index in [2.05, 4.69) is 13.8 Å². The quantitative estimate of drug-likeness (QED) is 0.135. The molecule has 168 valence electrons. The van der Waals surface area contributed by atoms with Gasteiger partial charge in [0.05, 0.1) is 12.5 Å². The van der Waals surface area contributed by atoms with Crippen LogP contribution in [0.2, 0.25) is 0 Å². The first-order valence-corrected chi connectivity index (χ1v) is 12.9. The summed E-state index contributed by atoms with van der Waals surface area (Å²) < 4.78 is 5.44. The molecule has 0 fully saturated rings. The van der Waals surface area contributed by atoms with Crippen molar-refractivity contribution >= 4 is 5.97 Å². The summed E-state index contributed by atoms with van der Waals surface area (Å²) in [4.78, 5) is 11.9. The van der Waals surface area contributed by atoms with Crippen molar-refractivity contribution in [2.24, 2.45) is 5.92 Å². The van der Waals surface area contributed by atoms with Gasteiger partial charge in [0.15, 0.2) is 0 Å². The maximum Gasteiger partial charge on any atom is 0.308 e. The Hall–Kier alpha value is -0.530. The second-order valence-electron chi connectivity index (χ2n) is 8.87. The Bertz CT molecular complexity index is 314. The van der Waals surface area contributed by atoms with E-state index in [-0.39, 0.29) is 11.9 Å². The fraction of sp³-hybridized carbons (Fsp3) is 0.962. The first-order chi connectivity index (χ1) is 13.7. The summed E-state index contributed by atoms with van der Waals surface area (Å²) in [6.45, 7) is 7.14. The van der Waals surface area contributed by atoms with Crippen LogP contribution in [0.5, 0.6) is 0 Å². The Balaban J connectivity index is 3.21. The molecule has 2 heteroatoms. The van der Waals surface area contributed by atoms with E-state index in [4.69, 9.17) is 4.74 Å². The van der Waals surface area contributed by atoms with Crippen molar-refractivity contribution in [2.75, 3.05) is 6.61 Å². The standard InChI is InChI=1S/C26H52O2/c1-4-6-8-10-11-12-13-14-15-16-17-18-19-20-22-24-28-26(27)25(3)23-21-9-7-5-2/h25H,4-24H2,1-3H3. The van der Waals surface area contributed by atoms with E-state index in [0.29, 0.717) is 6.61 Å². The lowest BCUT2D eigenvalue weighted by atomic mass is 10.0. The molecule has 0 aromatic carbocycles. The maximum absolute atomic E-state index is 11.9. The number of rotatable bonds is 22. The lowest BCUT2D eigenvalue weighted by Gasteiger charge is -2.11. The van der Waals surface area contributed by atoms with Crippen molar-refractivity contribution in [3.63, 3.8) is 0 Å². The molecule has 0 radical (unpaired) electrons. The minimum absolute atomic E-state index is 0.0156. The monoisotopic (exact) mass is 396 g/mol. The smallest absolute Gasteiger partial charge is 0.308 e. The second kappa shape index (κ2) is 22.8. The molecule has 0 aromatic rings. The molecule has 0 heterocycles. The third-order valence-corrected chi connectivity index (χ3v) is 5.89. The van der Waals surface area contributed by atoms with E-state index >= 15 is 0 Å². The predicted molar refractivity (Wildman–Crippen MR) is 124 cm³/mol. The number of hydrogen-bond acceptors (Lipinski definition) is 2. The lowest BCUT2D eigenvalue weighted by Crippen LogP contribution is -2.15. The third-order valence-electron chi connectivity index (χ3n) is 5.89. The van der Waals surface area contributed by atoms with Crippen LogP contribution in [0, 0.1) is 5.92 Å². The molecule has 0 saturated heterocycles. The van der Waals surface area contributed by atoms with Gasteiger partial charge in [0.25, 0.3) is 0 Å². The highest BCUT2D eigenvalue weighted by atomic mass is 16.5. The van der Waals surface area contributed by atoms with Gasteiger partial charge in [-0.3, -0.25) is 4.79 Å². The third kappa shape index (κ3) is 20.2. The largest absolute Gasteiger partial charge is 0.465 e. The van der Waals surface area contributed by atoms with Crippen molar-refractivity contribution in [3.05, 3.63) is 0 Å². The van der Waals surface area contributed by atoms with Crippen LogP contribution in [-0.4, -0.2) is 12.6 Å². The molecule has 0 aliphatic carbocycles. The van der Waals surface area contributed by atoms with Gasteiger partial charge in [0.1, 0.15) is 0 Å². The Kier molecular flexibility index (Phi) is 22.3. The summed E-state index contributed by atoms with van der Waals surface area (Å²) in [5.74, 6) is 0.0926. The molecular weight excluding hydrogens is 344 g/mol. The average molecular weight is 397 g/mol. The van der Waals surface area contributed by atoms with Gasteiger partial charge in [-0.25, -0.2) is 0 Å². The second-order valence-corrected chi connectivity index (χ2v) is 8.87. The molecule has 1 atom stereocenters. The fourth-order valence-electron chi connectivity index (χ4n) is 3.78. The first kappa shape index (κ1) is 27.5. The van der Waals surface area contributed by atoms with E-state index < -0.39 is 0 Å². The molecule has 0 aliphatic rings. The molecule has 0 bridgehead atoms. The van der Waals surface area contributed by atoms with Crippen LogP contribution in [0.3, 0.4) is 0 Å². The summed E-state index contributed by atoms with van der Waals surface area (Å²) in [6, 6.07) is 0. The number of carbonyl (C=O) groups is 1. The van der Waals surface area contributed by atoms with Gasteiger partial charge in [-0.1, -0.05) is 136 Å². The number of unbranched alkanes of at least 4 members (excludes halogenated alkanes) is 17. The Morgan fingerprint density at radius 1 is 0.571 bits per heavy atom. The van der Waals surface area contributed by atoms with Gasteiger partial charge in [-0.05, 0) is 12.8 Å². The Labute approximate surface area is 177 Å². The van der Waals surface area contributed by atoms with Gasteiger partial charge in [0.2, 0.25) is 0 Å². The predicted octanol–water partition coefficient (Wildman–Crippen LogP) is 9.01. The highest BCUT2D eigenvalue weighted by Gasteiger charge is 2.13. The van der Waals surface area contributed by atoms with E-state index in [9.17, 15) is 4.79 Å². The Morgan fingerprint density at radius 3 is 1.36 bits per heavy atom. The van der Waals surface area contributed by atoms with Crippen LogP contribution in [0.15, 0.2) is 0 Å². The van der Waals surface area contributed by atoms with Gasteiger partial charge in [0, 0.05) is 0 Å². The molecule has 0 aromatic heterocycles. The number of carbonyl (C=O) groups excluding carboxylic acids is 1. The zero-order chi connectivity index (χ0) is 20.7. The normalized spacial score (nSPS) is 12.2. The Morgan fingerprint density at radius 2 is 0.929 bits per heavy atom. The van der Waals surface area contributed by atoms with Gasteiger partial charge >= 0.3 is 5.97 Å². The molecule has 0 rings (SSSR count). The highest BCUT2D eigenvalue weighted by Crippen LogP contribution is 2.14. The summed E-state index contributed by atoms with van der Waals surface area (Å²) in [7, 11) is 0. The van der Waals surface area contributed by atoms with E-state index in [1.165, 1.54) is 109 Å². The molecule has 0 aliphatic heterocycles. The van der Waals surface area contributed by atoms with Crippen LogP contribution in [0.1, 0.15) is 149 Å². The minimum Gasteiger partial charge on any atom is -0.465 e. The maximum atomic E-state index is 11.9. The van der Waals surface area contributed by atoms with E-state index in [0.717, 1.165) is 19.3 Å². The topological polar surface area (TPSA) is 26.3 Å². The van der Waals surface area contributed by atoms with Crippen LogP contribution < -0.4 is 0 Å². The van der Waals surface area contributed by atoms with Gasteiger partial charge < -0.3 is 4.74 Å². The van der Waals surface area contributed by atoms with E-state index in [1.54, 1.807) is 0 Å². The molecule has 0 N–H and O–H groups in total. The van der Waals surface area contributed by atoms with E-state index in [1.807, 2.05) is 6.92 Å². The summed E-state index contributed by atoms with van der Waals surface area (Å²) in [5.41, 5.74) is 0. The summed E-state index contributed by atoms with van der Waals surface area (Å²) >= 11 is 0. The highest BCUT2D eigenvalue weighted by molar-refractivity contribution is 5.71.